The van der Waals surface area contributed by atoms with E-state index in [9.17, 15) is 4.79 Å². The number of carbonyl (C=O) groups excluding carboxylic acids is 1. The zero-order chi connectivity index (χ0) is 22.8. The van der Waals surface area contributed by atoms with Gasteiger partial charge in [0, 0.05) is 25.6 Å². The highest BCUT2D eigenvalue weighted by Gasteiger charge is 2.29. The van der Waals surface area contributed by atoms with Crippen LogP contribution in [0.2, 0.25) is 0 Å². The molecule has 2 aliphatic rings. The molecule has 2 N–H and O–H groups in total. The Hall–Kier alpha value is -2.81. The molecular formula is C22H32N2O7. The molecule has 3 rings (SSSR count). The van der Waals surface area contributed by atoms with E-state index in [1.54, 1.807) is 14.2 Å². The summed E-state index contributed by atoms with van der Waals surface area (Å²) in [5, 5.41) is 14.8. The molecule has 0 aliphatic carbocycles. The molecule has 0 aromatic heterocycles. The summed E-state index contributed by atoms with van der Waals surface area (Å²) in [6.07, 6.45) is 5.56. The van der Waals surface area contributed by atoms with Gasteiger partial charge in [0.25, 0.3) is 0 Å². The van der Waals surface area contributed by atoms with Crippen molar-refractivity contribution < 1.29 is 34.1 Å². The van der Waals surface area contributed by atoms with Gasteiger partial charge >= 0.3 is 11.9 Å². The third kappa shape index (κ3) is 7.43. The Kier molecular flexibility index (Phi) is 9.58. The van der Waals surface area contributed by atoms with Gasteiger partial charge in [-0.05, 0) is 62.9 Å². The molecule has 0 bridgehead atoms. The van der Waals surface area contributed by atoms with Crippen LogP contribution in [0, 0.1) is 5.92 Å². The highest BCUT2D eigenvalue weighted by molar-refractivity contribution is 6.27. The molecule has 172 valence electrons. The minimum atomic E-state index is -1.82. The Morgan fingerprint density at radius 3 is 2.00 bits per heavy atom. The predicted octanol–water partition coefficient (Wildman–Crippen LogP) is 2.08. The topological polar surface area (TPSA) is 117 Å². The summed E-state index contributed by atoms with van der Waals surface area (Å²) in [5.74, 6) is -1.50. The second kappa shape index (κ2) is 12.1. The van der Waals surface area contributed by atoms with Crippen molar-refractivity contribution >= 4 is 17.8 Å². The number of benzene rings is 1. The molecular weight excluding hydrogens is 404 g/mol. The van der Waals surface area contributed by atoms with Crippen LogP contribution in [0.3, 0.4) is 0 Å². The van der Waals surface area contributed by atoms with Crippen LogP contribution >= 0.6 is 0 Å². The molecule has 0 atom stereocenters. The van der Waals surface area contributed by atoms with Gasteiger partial charge in [-0.2, -0.15) is 0 Å². The fourth-order valence-corrected chi connectivity index (χ4v) is 3.95. The molecule has 2 heterocycles. The van der Waals surface area contributed by atoms with Gasteiger partial charge in [-0.1, -0.05) is 6.07 Å². The summed E-state index contributed by atoms with van der Waals surface area (Å²) in [4.78, 5) is 35.4. The highest BCUT2D eigenvalue weighted by Crippen LogP contribution is 2.29. The van der Waals surface area contributed by atoms with E-state index in [4.69, 9.17) is 29.3 Å². The second-order valence-electron chi connectivity index (χ2n) is 7.74. The van der Waals surface area contributed by atoms with Crippen molar-refractivity contribution in [3.05, 3.63) is 23.8 Å². The SMILES string of the molecule is COc1ccc(CN2CCC(C(=O)N3CCCCC3)CC2)cc1OC.O=C(O)C(=O)O. The lowest BCUT2D eigenvalue weighted by molar-refractivity contribution is -0.159. The standard InChI is InChI=1S/C20H30N2O3.C2H2O4/c1-24-18-7-6-16(14-19(18)25-2)15-21-12-8-17(9-13-21)20(23)22-10-4-3-5-11-22;3-1(4)2(5)6/h6-7,14,17H,3-5,8-13,15H2,1-2H3;(H,3,4)(H,5,6). The Bertz CT molecular complexity index is 742. The minimum Gasteiger partial charge on any atom is -0.493 e. The van der Waals surface area contributed by atoms with E-state index >= 15 is 0 Å². The molecule has 0 radical (unpaired) electrons. The van der Waals surface area contributed by atoms with Crippen LogP contribution in [-0.4, -0.2) is 78.3 Å². The van der Waals surface area contributed by atoms with Gasteiger partial charge in [0.2, 0.25) is 5.91 Å². The molecule has 1 aromatic rings. The van der Waals surface area contributed by atoms with Crippen LogP contribution in [0.15, 0.2) is 18.2 Å². The number of methoxy groups -OCH3 is 2. The van der Waals surface area contributed by atoms with Crippen molar-refractivity contribution in [1.29, 1.82) is 0 Å². The number of carboxylic acid groups (broad SMARTS) is 2. The van der Waals surface area contributed by atoms with Crippen molar-refractivity contribution in [1.82, 2.24) is 9.80 Å². The first-order chi connectivity index (χ1) is 14.8. The van der Waals surface area contributed by atoms with Crippen molar-refractivity contribution in [3.63, 3.8) is 0 Å². The molecule has 1 aromatic carbocycles. The van der Waals surface area contributed by atoms with E-state index in [0.717, 1.165) is 57.1 Å². The third-order valence-electron chi connectivity index (χ3n) is 5.64. The Balaban J connectivity index is 0.000000501. The number of nitrogens with zero attached hydrogens (tertiary/aromatic N) is 2. The van der Waals surface area contributed by atoms with Gasteiger partial charge in [0.1, 0.15) is 0 Å². The summed E-state index contributed by atoms with van der Waals surface area (Å²) in [6, 6.07) is 6.09. The van der Waals surface area contributed by atoms with E-state index in [1.165, 1.54) is 24.8 Å². The van der Waals surface area contributed by atoms with Crippen LogP contribution in [0.5, 0.6) is 11.5 Å². The lowest BCUT2D eigenvalue weighted by Crippen LogP contribution is -2.44. The van der Waals surface area contributed by atoms with Gasteiger partial charge in [-0.15, -0.1) is 0 Å². The molecule has 9 heteroatoms. The summed E-state index contributed by atoms with van der Waals surface area (Å²) in [7, 11) is 3.32. The van der Waals surface area contributed by atoms with Gasteiger partial charge in [-0.3, -0.25) is 9.69 Å². The second-order valence-corrected chi connectivity index (χ2v) is 7.74. The summed E-state index contributed by atoms with van der Waals surface area (Å²) in [5.41, 5.74) is 1.22. The fourth-order valence-electron chi connectivity index (χ4n) is 3.95. The molecule has 31 heavy (non-hydrogen) atoms. The van der Waals surface area contributed by atoms with Crippen LogP contribution in [0.1, 0.15) is 37.7 Å². The summed E-state index contributed by atoms with van der Waals surface area (Å²) in [6.45, 7) is 4.79. The van der Waals surface area contributed by atoms with Crippen LogP contribution in [0.25, 0.3) is 0 Å². The van der Waals surface area contributed by atoms with Crippen molar-refractivity contribution in [2.75, 3.05) is 40.4 Å². The monoisotopic (exact) mass is 436 g/mol. The Morgan fingerprint density at radius 1 is 0.903 bits per heavy atom. The van der Waals surface area contributed by atoms with E-state index in [1.807, 2.05) is 12.1 Å². The van der Waals surface area contributed by atoms with E-state index < -0.39 is 11.9 Å². The number of aliphatic carboxylic acids is 2. The molecule has 0 unspecified atom stereocenters. The highest BCUT2D eigenvalue weighted by atomic mass is 16.5. The molecule has 2 saturated heterocycles. The minimum absolute atomic E-state index is 0.222. The Morgan fingerprint density at radius 2 is 1.48 bits per heavy atom. The van der Waals surface area contributed by atoms with E-state index in [-0.39, 0.29) is 5.92 Å². The van der Waals surface area contributed by atoms with Gasteiger partial charge in [-0.25, -0.2) is 9.59 Å². The number of carbonyl (C=O) groups is 3. The smallest absolute Gasteiger partial charge is 0.414 e. The number of hydrogen-bond acceptors (Lipinski definition) is 6. The summed E-state index contributed by atoms with van der Waals surface area (Å²) < 4.78 is 10.7. The lowest BCUT2D eigenvalue weighted by atomic mass is 9.94. The molecule has 2 fully saturated rings. The maximum absolute atomic E-state index is 12.6. The zero-order valence-electron chi connectivity index (χ0n) is 18.2. The van der Waals surface area contributed by atoms with Crippen LogP contribution in [0.4, 0.5) is 0 Å². The number of piperidine rings is 2. The van der Waals surface area contributed by atoms with E-state index in [0.29, 0.717) is 5.91 Å². The van der Waals surface area contributed by atoms with Gasteiger partial charge < -0.3 is 24.6 Å². The lowest BCUT2D eigenvalue weighted by Gasteiger charge is -2.35. The first-order valence-corrected chi connectivity index (χ1v) is 10.5. The normalized spacial score (nSPS) is 17.3. The number of amides is 1. The first-order valence-electron chi connectivity index (χ1n) is 10.5. The number of rotatable bonds is 5. The fraction of sp³-hybridized carbons (Fsp3) is 0.591. The first kappa shape index (κ1) is 24.5. The molecule has 1 amide bonds. The van der Waals surface area contributed by atoms with Crippen molar-refractivity contribution in [2.24, 2.45) is 5.92 Å². The van der Waals surface area contributed by atoms with Crippen molar-refractivity contribution in [2.45, 2.75) is 38.6 Å². The largest absolute Gasteiger partial charge is 0.493 e. The zero-order valence-corrected chi connectivity index (χ0v) is 18.2. The number of likely N-dealkylation sites (tertiary alicyclic amines) is 2. The number of carboxylic acids is 2. The molecule has 0 saturated carbocycles. The predicted molar refractivity (Wildman–Crippen MR) is 113 cm³/mol. The average molecular weight is 437 g/mol. The van der Waals surface area contributed by atoms with Crippen LogP contribution in [-0.2, 0) is 20.9 Å². The summed E-state index contributed by atoms with van der Waals surface area (Å²) >= 11 is 0. The van der Waals surface area contributed by atoms with E-state index in [2.05, 4.69) is 15.9 Å². The number of hydrogen-bond donors (Lipinski definition) is 2. The van der Waals surface area contributed by atoms with Crippen molar-refractivity contribution in [3.8, 4) is 11.5 Å². The third-order valence-corrected chi connectivity index (χ3v) is 5.64. The molecule has 0 spiro atoms. The van der Waals surface area contributed by atoms with Gasteiger partial charge in [0.15, 0.2) is 11.5 Å². The molecule has 2 aliphatic heterocycles. The quantitative estimate of drug-likeness (QED) is 0.674. The maximum Gasteiger partial charge on any atom is 0.414 e. The maximum atomic E-state index is 12.6. The average Bonchev–Trinajstić information content (AvgIpc) is 2.80. The van der Waals surface area contributed by atoms with Crippen LogP contribution < -0.4 is 9.47 Å². The Labute approximate surface area is 182 Å². The molecule has 9 nitrogen and oxygen atoms in total. The van der Waals surface area contributed by atoms with Gasteiger partial charge in [0.05, 0.1) is 14.2 Å². The number of ether oxygens (including phenoxy) is 2.